The Balaban J connectivity index is 1.88. The summed E-state index contributed by atoms with van der Waals surface area (Å²) in [6.07, 6.45) is 24.2. The van der Waals surface area contributed by atoms with Crippen LogP contribution in [-0.2, 0) is 4.79 Å². The van der Waals surface area contributed by atoms with Crippen LogP contribution in [0.25, 0.3) is 0 Å². The van der Waals surface area contributed by atoms with Crippen LogP contribution in [-0.4, -0.2) is 20.6 Å². The second-order valence-corrected chi connectivity index (χ2v) is 7.25. The number of hydrogen-bond donors (Lipinski definition) is 1. The second kappa shape index (κ2) is 15.0. The van der Waals surface area contributed by atoms with E-state index in [0.717, 1.165) is 12.8 Å². The van der Waals surface area contributed by atoms with Gasteiger partial charge in [-0.3, -0.25) is 0 Å². The van der Waals surface area contributed by atoms with Crippen molar-refractivity contribution in [1.82, 2.24) is 9.55 Å². The first-order valence-corrected chi connectivity index (χ1v) is 10.5. The van der Waals surface area contributed by atoms with Crippen LogP contribution in [0.2, 0.25) is 0 Å². The highest BCUT2D eigenvalue weighted by Crippen LogP contribution is 2.18. The molecular formula is C21H38N2O2. The highest BCUT2D eigenvalue weighted by Gasteiger charge is 2.17. The Bertz CT molecular complexity index is 418. The highest BCUT2D eigenvalue weighted by molar-refractivity contribution is 5.71. The second-order valence-electron chi connectivity index (χ2n) is 7.25. The fraction of sp³-hybridized carbons (Fsp3) is 0.810. The molecular weight excluding hydrogens is 312 g/mol. The van der Waals surface area contributed by atoms with Crippen molar-refractivity contribution >= 4 is 5.97 Å². The minimum atomic E-state index is -0.757. The summed E-state index contributed by atoms with van der Waals surface area (Å²) in [4.78, 5) is 15.3. The van der Waals surface area contributed by atoms with Gasteiger partial charge < -0.3 is 9.67 Å². The summed E-state index contributed by atoms with van der Waals surface area (Å²) < 4.78 is 1.70. The van der Waals surface area contributed by atoms with E-state index in [1.54, 1.807) is 23.3 Å². The first-order chi connectivity index (χ1) is 12.3. The van der Waals surface area contributed by atoms with E-state index in [4.69, 9.17) is 0 Å². The Morgan fingerprint density at radius 2 is 1.36 bits per heavy atom. The van der Waals surface area contributed by atoms with Gasteiger partial charge in [0.15, 0.2) is 0 Å². The predicted molar refractivity (Wildman–Crippen MR) is 104 cm³/mol. The summed E-state index contributed by atoms with van der Waals surface area (Å²) in [6.45, 7) is 2.27. The van der Waals surface area contributed by atoms with Crippen molar-refractivity contribution in [3.05, 3.63) is 18.7 Å². The van der Waals surface area contributed by atoms with Gasteiger partial charge in [0, 0.05) is 12.4 Å². The van der Waals surface area contributed by atoms with Gasteiger partial charge in [-0.1, -0.05) is 96.8 Å². The first-order valence-electron chi connectivity index (χ1n) is 10.5. The third-order valence-corrected chi connectivity index (χ3v) is 5.00. The number of unbranched alkanes of at least 4 members (excludes halogenated alkanes) is 13. The molecule has 0 aliphatic heterocycles. The number of aliphatic carboxylic acids is 1. The molecule has 1 unspecified atom stereocenters. The van der Waals surface area contributed by atoms with Gasteiger partial charge in [0.2, 0.25) is 0 Å². The molecule has 0 bridgehead atoms. The zero-order valence-electron chi connectivity index (χ0n) is 16.2. The Kier molecular flexibility index (Phi) is 13.0. The molecule has 4 nitrogen and oxygen atoms in total. The van der Waals surface area contributed by atoms with Crippen molar-refractivity contribution in [1.29, 1.82) is 0 Å². The smallest absolute Gasteiger partial charge is 0.326 e. The first kappa shape index (κ1) is 21.7. The molecule has 1 N–H and O–H groups in total. The van der Waals surface area contributed by atoms with Crippen LogP contribution in [0.3, 0.4) is 0 Å². The van der Waals surface area contributed by atoms with Crippen molar-refractivity contribution in [3.8, 4) is 0 Å². The van der Waals surface area contributed by atoms with E-state index in [9.17, 15) is 9.90 Å². The number of imidazole rings is 1. The average molecular weight is 351 g/mol. The van der Waals surface area contributed by atoms with E-state index >= 15 is 0 Å². The standard InChI is InChI=1S/C21H38N2O2/c1-2-3-4-5-6-7-8-9-10-11-12-13-14-15-16-20(21(24)25)23-18-17-22-19-23/h17-20H,2-16H2,1H3,(H,24,25). The summed E-state index contributed by atoms with van der Waals surface area (Å²) in [5.41, 5.74) is 0. The van der Waals surface area contributed by atoms with Crippen LogP contribution in [0.4, 0.5) is 0 Å². The molecule has 0 radical (unpaired) electrons. The molecule has 1 heterocycles. The molecule has 1 aromatic heterocycles. The van der Waals surface area contributed by atoms with E-state index in [2.05, 4.69) is 11.9 Å². The zero-order valence-corrected chi connectivity index (χ0v) is 16.2. The molecule has 0 fully saturated rings. The predicted octanol–water partition coefficient (Wildman–Crippen LogP) is 6.38. The molecule has 0 spiro atoms. The molecule has 0 aliphatic rings. The number of nitrogens with zero attached hydrogens (tertiary/aromatic N) is 2. The number of carbonyl (C=O) groups is 1. The topological polar surface area (TPSA) is 55.1 Å². The van der Waals surface area contributed by atoms with E-state index in [1.807, 2.05) is 0 Å². The molecule has 1 aromatic rings. The quantitative estimate of drug-likeness (QED) is 0.332. The lowest BCUT2D eigenvalue weighted by Gasteiger charge is -2.13. The van der Waals surface area contributed by atoms with Crippen LogP contribution in [0.1, 0.15) is 109 Å². The van der Waals surface area contributed by atoms with Gasteiger partial charge in [-0.05, 0) is 6.42 Å². The van der Waals surface area contributed by atoms with Crippen molar-refractivity contribution in [2.45, 2.75) is 109 Å². The SMILES string of the molecule is CCCCCCCCCCCCCCCCC(C(=O)O)n1ccnc1. The van der Waals surface area contributed by atoms with Crippen LogP contribution in [0.15, 0.2) is 18.7 Å². The minimum absolute atomic E-state index is 0.458. The van der Waals surface area contributed by atoms with Gasteiger partial charge in [-0.15, -0.1) is 0 Å². The van der Waals surface area contributed by atoms with Gasteiger partial charge in [-0.25, -0.2) is 9.78 Å². The molecule has 0 aliphatic carbocycles. The molecule has 144 valence electrons. The average Bonchev–Trinajstić information content (AvgIpc) is 3.12. The third kappa shape index (κ3) is 11.0. The Morgan fingerprint density at radius 1 is 0.880 bits per heavy atom. The molecule has 1 atom stereocenters. The van der Waals surface area contributed by atoms with E-state index in [-0.39, 0.29) is 0 Å². The number of carboxylic acid groups (broad SMARTS) is 1. The lowest BCUT2D eigenvalue weighted by atomic mass is 10.0. The lowest BCUT2D eigenvalue weighted by molar-refractivity contribution is -0.141. The summed E-state index contributed by atoms with van der Waals surface area (Å²) in [5, 5.41) is 9.30. The maximum atomic E-state index is 11.3. The fourth-order valence-electron chi connectivity index (χ4n) is 3.39. The number of hydrogen-bond acceptors (Lipinski definition) is 2. The Hall–Kier alpha value is -1.32. The van der Waals surface area contributed by atoms with Gasteiger partial charge in [0.05, 0.1) is 6.33 Å². The normalized spacial score (nSPS) is 12.4. The maximum absolute atomic E-state index is 11.3. The monoisotopic (exact) mass is 350 g/mol. The van der Waals surface area contributed by atoms with Crippen molar-refractivity contribution in [2.24, 2.45) is 0 Å². The number of carboxylic acids is 1. The molecule has 25 heavy (non-hydrogen) atoms. The largest absolute Gasteiger partial charge is 0.480 e. The number of aromatic nitrogens is 2. The van der Waals surface area contributed by atoms with Crippen LogP contribution in [0, 0.1) is 0 Å². The molecule has 0 aromatic carbocycles. The Morgan fingerprint density at radius 3 is 1.76 bits per heavy atom. The summed E-state index contributed by atoms with van der Waals surface area (Å²) >= 11 is 0. The molecule has 0 saturated heterocycles. The van der Waals surface area contributed by atoms with Crippen LogP contribution < -0.4 is 0 Å². The zero-order chi connectivity index (χ0) is 18.2. The van der Waals surface area contributed by atoms with Crippen molar-refractivity contribution in [2.75, 3.05) is 0 Å². The van der Waals surface area contributed by atoms with Gasteiger partial charge in [0.1, 0.15) is 6.04 Å². The summed E-state index contributed by atoms with van der Waals surface area (Å²) in [6, 6.07) is -0.458. The molecule has 1 rings (SSSR count). The molecule has 0 amide bonds. The van der Waals surface area contributed by atoms with E-state index in [0.29, 0.717) is 6.42 Å². The fourth-order valence-corrected chi connectivity index (χ4v) is 3.39. The summed E-state index contributed by atoms with van der Waals surface area (Å²) in [5.74, 6) is -0.757. The minimum Gasteiger partial charge on any atom is -0.480 e. The van der Waals surface area contributed by atoms with Crippen molar-refractivity contribution in [3.63, 3.8) is 0 Å². The third-order valence-electron chi connectivity index (χ3n) is 5.00. The van der Waals surface area contributed by atoms with Crippen LogP contribution in [0.5, 0.6) is 0 Å². The molecule has 0 saturated carbocycles. The van der Waals surface area contributed by atoms with E-state index in [1.165, 1.54) is 77.0 Å². The summed E-state index contributed by atoms with van der Waals surface area (Å²) in [7, 11) is 0. The van der Waals surface area contributed by atoms with Gasteiger partial charge in [0.25, 0.3) is 0 Å². The molecule has 4 heteroatoms. The Labute approximate surface area is 154 Å². The van der Waals surface area contributed by atoms with Crippen LogP contribution >= 0.6 is 0 Å². The number of rotatable bonds is 17. The maximum Gasteiger partial charge on any atom is 0.326 e. The van der Waals surface area contributed by atoms with Gasteiger partial charge in [-0.2, -0.15) is 0 Å². The van der Waals surface area contributed by atoms with Crippen molar-refractivity contribution < 1.29 is 9.90 Å². The lowest BCUT2D eigenvalue weighted by Crippen LogP contribution is -2.17. The highest BCUT2D eigenvalue weighted by atomic mass is 16.4. The van der Waals surface area contributed by atoms with Gasteiger partial charge >= 0.3 is 5.97 Å². The van der Waals surface area contributed by atoms with E-state index < -0.39 is 12.0 Å².